The second-order valence-corrected chi connectivity index (χ2v) is 8.12. The second kappa shape index (κ2) is 12.6. The molecule has 0 saturated heterocycles. The summed E-state index contributed by atoms with van der Waals surface area (Å²) in [5.74, 6) is -2.67. The van der Waals surface area contributed by atoms with Gasteiger partial charge in [0.25, 0.3) is 0 Å². The fourth-order valence-corrected chi connectivity index (χ4v) is 3.95. The third kappa shape index (κ3) is 7.85. The molecule has 0 radical (unpaired) electrons. The number of carbonyl (C=O) groups excluding carboxylic acids is 1. The van der Waals surface area contributed by atoms with E-state index in [0.717, 1.165) is 24.3 Å². The second-order valence-electron chi connectivity index (χ2n) is 8.12. The summed E-state index contributed by atoms with van der Waals surface area (Å²) in [6.07, 6.45) is -4.42. The molecule has 1 amide bonds. The molecule has 5 nitrogen and oxygen atoms in total. The van der Waals surface area contributed by atoms with Crippen molar-refractivity contribution in [2.75, 3.05) is 6.54 Å². The fourth-order valence-electron chi connectivity index (χ4n) is 3.95. The highest BCUT2D eigenvalue weighted by atomic mass is 19.4. The molecule has 0 aromatic heterocycles. The Morgan fingerprint density at radius 2 is 1.37 bits per heavy atom. The van der Waals surface area contributed by atoms with Gasteiger partial charge in [0.2, 0.25) is 5.91 Å². The van der Waals surface area contributed by atoms with Crippen molar-refractivity contribution in [1.82, 2.24) is 5.32 Å². The molecule has 0 unspecified atom stereocenters. The largest absolute Gasteiger partial charge is 0.431 e. The molecule has 38 heavy (non-hydrogen) atoms. The Hall–Kier alpha value is -3.80. The Bertz CT molecular complexity index is 1190. The number of ether oxygens (including phenoxy) is 2. The Morgan fingerprint density at radius 3 is 1.92 bits per heavy atom. The summed E-state index contributed by atoms with van der Waals surface area (Å²) in [5.41, 5.74) is 5.87. The summed E-state index contributed by atoms with van der Waals surface area (Å²) in [5, 5.41) is 3.00. The predicted molar refractivity (Wildman–Crippen MR) is 124 cm³/mol. The minimum Gasteiger partial charge on any atom is -0.431 e. The van der Waals surface area contributed by atoms with Gasteiger partial charge in [-0.2, -0.15) is 30.7 Å². The molecule has 2 atom stereocenters. The van der Waals surface area contributed by atoms with Gasteiger partial charge >= 0.3 is 19.4 Å². The maximum atomic E-state index is 13.1. The molecule has 12 heteroatoms. The number of halogens is 7. The van der Waals surface area contributed by atoms with Gasteiger partial charge in [0, 0.05) is 5.92 Å². The van der Waals surface area contributed by atoms with Crippen molar-refractivity contribution in [3.05, 3.63) is 95.1 Å². The molecular formula is C26H23F7N2O3. The Balaban J connectivity index is 1.94. The van der Waals surface area contributed by atoms with E-state index in [9.17, 15) is 35.5 Å². The van der Waals surface area contributed by atoms with Gasteiger partial charge < -0.3 is 20.5 Å². The monoisotopic (exact) mass is 544 g/mol. The number of hydrogen-bond donors (Lipinski definition) is 2. The van der Waals surface area contributed by atoms with Crippen LogP contribution in [0.3, 0.4) is 0 Å². The number of nitrogens with two attached hydrogens (primary N) is 1. The molecule has 0 aliphatic heterocycles. The van der Waals surface area contributed by atoms with Crippen LogP contribution in [0.1, 0.15) is 40.6 Å². The summed E-state index contributed by atoms with van der Waals surface area (Å²) in [6.45, 7) is -6.53. The van der Waals surface area contributed by atoms with E-state index in [2.05, 4.69) is 14.8 Å². The van der Waals surface area contributed by atoms with Crippen molar-refractivity contribution >= 4 is 5.91 Å². The molecule has 0 heterocycles. The zero-order chi connectivity index (χ0) is 27.9. The summed E-state index contributed by atoms with van der Waals surface area (Å²) < 4.78 is 99.2. The smallest absolute Gasteiger partial charge is 0.416 e. The maximum Gasteiger partial charge on any atom is 0.416 e. The zero-order valence-electron chi connectivity index (χ0n) is 19.6. The Kier molecular flexibility index (Phi) is 9.56. The molecule has 0 spiro atoms. The van der Waals surface area contributed by atoms with E-state index in [-0.39, 0.29) is 18.5 Å². The van der Waals surface area contributed by atoms with Crippen LogP contribution in [-0.4, -0.2) is 25.7 Å². The minimum absolute atomic E-state index is 0.120. The molecule has 0 aliphatic carbocycles. The first-order valence-corrected chi connectivity index (χ1v) is 11.2. The van der Waals surface area contributed by atoms with Crippen LogP contribution in [0.5, 0.6) is 11.5 Å². The predicted octanol–water partition coefficient (Wildman–Crippen LogP) is 6.25. The number of nitrogens with one attached hydrogen (secondary N) is 1. The van der Waals surface area contributed by atoms with Gasteiger partial charge in [-0.3, -0.25) is 4.79 Å². The Morgan fingerprint density at radius 1 is 0.789 bits per heavy atom. The number of alkyl halides is 7. The minimum atomic E-state index is -4.58. The van der Waals surface area contributed by atoms with Crippen molar-refractivity contribution in [3.8, 4) is 11.5 Å². The number of primary amides is 1. The molecule has 3 aromatic carbocycles. The van der Waals surface area contributed by atoms with E-state index < -0.39 is 54.3 Å². The third-order valence-electron chi connectivity index (χ3n) is 5.64. The van der Waals surface area contributed by atoms with Crippen LogP contribution in [0.25, 0.3) is 0 Å². The van der Waals surface area contributed by atoms with Crippen molar-refractivity contribution in [2.24, 2.45) is 5.73 Å². The number of benzene rings is 3. The maximum absolute atomic E-state index is 13.1. The summed E-state index contributed by atoms with van der Waals surface area (Å²) in [4.78, 5) is 12.0. The molecule has 3 N–H and O–H groups in total. The SMILES string of the molecule is NC(=O)[C@H](NCC[C@H](c1ccc(C(F)(F)F)cc1)c1ccc(OC(F)F)c(OC(F)F)c1)c1ccccc1. The molecule has 0 saturated carbocycles. The molecule has 0 aliphatic rings. The third-order valence-corrected chi connectivity index (χ3v) is 5.64. The Labute approximate surface area is 213 Å². The highest BCUT2D eigenvalue weighted by molar-refractivity contribution is 5.81. The van der Waals surface area contributed by atoms with Crippen LogP contribution in [0.2, 0.25) is 0 Å². The van der Waals surface area contributed by atoms with Gasteiger partial charge in [0.05, 0.1) is 5.56 Å². The first-order valence-electron chi connectivity index (χ1n) is 11.2. The van der Waals surface area contributed by atoms with Crippen molar-refractivity contribution < 1.29 is 45.0 Å². The first-order chi connectivity index (χ1) is 18.0. The van der Waals surface area contributed by atoms with Crippen molar-refractivity contribution in [3.63, 3.8) is 0 Å². The van der Waals surface area contributed by atoms with Crippen molar-refractivity contribution in [1.29, 1.82) is 0 Å². The van der Waals surface area contributed by atoms with Gasteiger partial charge in [-0.15, -0.1) is 0 Å². The lowest BCUT2D eigenvalue weighted by molar-refractivity contribution is -0.137. The standard InChI is InChI=1S/C26H23F7N2O3/c27-24(28)37-20-11-8-17(14-21(20)38-25(29)30)19(15-6-9-18(10-7-15)26(31,32)33)12-13-35-22(23(34)36)16-4-2-1-3-5-16/h1-11,14,19,22,24-25,35H,12-13H2,(H2,34,36)/t19-,22-/m1/s1. The van der Waals surface area contributed by atoms with Gasteiger partial charge in [0.1, 0.15) is 6.04 Å². The van der Waals surface area contributed by atoms with Gasteiger partial charge in [-0.1, -0.05) is 48.5 Å². The number of carbonyl (C=O) groups is 1. The average Bonchev–Trinajstić information content (AvgIpc) is 2.84. The van der Waals surface area contributed by atoms with E-state index in [1.54, 1.807) is 30.3 Å². The van der Waals surface area contributed by atoms with E-state index in [0.29, 0.717) is 11.1 Å². The number of amides is 1. The van der Waals surface area contributed by atoms with E-state index in [1.807, 2.05) is 0 Å². The summed E-state index contributed by atoms with van der Waals surface area (Å²) in [7, 11) is 0. The van der Waals surface area contributed by atoms with Gasteiger partial charge in [0.15, 0.2) is 11.5 Å². The first kappa shape index (κ1) is 28.8. The van der Waals surface area contributed by atoms with E-state index in [4.69, 9.17) is 5.73 Å². The molecule has 3 rings (SSSR count). The average molecular weight is 544 g/mol. The van der Waals surface area contributed by atoms with Crippen molar-refractivity contribution in [2.45, 2.75) is 37.8 Å². The van der Waals surface area contributed by atoms with Gasteiger partial charge in [-0.25, -0.2) is 0 Å². The van der Waals surface area contributed by atoms with Crippen LogP contribution in [-0.2, 0) is 11.0 Å². The van der Waals surface area contributed by atoms with E-state index >= 15 is 0 Å². The number of hydrogen-bond acceptors (Lipinski definition) is 4. The lowest BCUT2D eigenvalue weighted by Gasteiger charge is -2.23. The lowest BCUT2D eigenvalue weighted by atomic mass is 9.87. The quantitative estimate of drug-likeness (QED) is 0.265. The zero-order valence-corrected chi connectivity index (χ0v) is 19.6. The highest BCUT2D eigenvalue weighted by Crippen LogP contribution is 2.38. The topological polar surface area (TPSA) is 73.6 Å². The fraction of sp³-hybridized carbons (Fsp3) is 0.269. The summed E-state index contributed by atoms with van der Waals surface area (Å²) in [6, 6.07) is 15.3. The molecular weight excluding hydrogens is 521 g/mol. The van der Waals surface area contributed by atoms with Crippen LogP contribution >= 0.6 is 0 Å². The molecule has 0 bridgehead atoms. The highest BCUT2D eigenvalue weighted by Gasteiger charge is 2.30. The molecule has 0 fully saturated rings. The molecule has 204 valence electrons. The summed E-state index contributed by atoms with van der Waals surface area (Å²) >= 11 is 0. The van der Waals surface area contributed by atoms with Crippen LogP contribution in [0, 0.1) is 0 Å². The van der Waals surface area contributed by atoms with E-state index in [1.165, 1.54) is 18.2 Å². The lowest BCUT2D eigenvalue weighted by Crippen LogP contribution is -2.34. The van der Waals surface area contributed by atoms with Crippen LogP contribution in [0.4, 0.5) is 30.7 Å². The van der Waals surface area contributed by atoms with Gasteiger partial charge in [-0.05, 0) is 53.9 Å². The van der Waals surface area contributed by atoms with Crippen LogP contribution < -0.4 is 20.5 Å². The number of rotatable bonds is 12. The molecule has 3 aromatic rings. The normalized spacial score (nSPS) is 13.4. The van der Waals surface area contributed by atoms with Crippen LogP contribution in [0.15, 0.2) is 72.8 Å².